The van der Waals surface area contributed by atoms with Gasteiger partial charge in [0.05, 0.1) is 0 Å². The largest absolute Gasteiger partial charge is 0.383 e. The summed E-state index contributed by atoms with van der Waals surface area (Å²) in [6.07, 6.45) is 3.23. The molecule has 1 heterocycles. The van der Waals surface area contributed by atoms with Crippen LogP contribution < -0.4 is 5.73 Å². The van der Waals surface area contributed by atoms with E-state index in [0.29, 0.717) is 12.2 Å². The molecule has 1 aromatic carbocycles. The highest BCUT2D eigenvalue weighted by Gasteiger charge is 2.40. The van der Waals surface area contributed by atoms with Crippen molar-refractivity contribution in [3.05, 3.63) is 58.3 Å². The summed E-state index contributed by atoms with van der Waals surface area (Å²) in [6.45, 7) is 4.01. The molecule has 0 amide bonds. The Hall–Kier alpha value is -1.87. The lowest BCUT2D eigenvalue weighted by Crippen LogP contribution is -2.27. The second-order valence-corrected chi connectivity index (χ2v) is 5.41. The summed E-state index contributed by atoms with van der Waals surface area (Å²) in [5.41, 5.74) is 10.1. The number of anilines is 1. The van der Waals surface area contributed by atoms with Crippen LogP contribution in [0.25, 0.3) is 0 Å². The Bertz CT molecular complexity index is 631. The number of aryl methyl sites for hydroxylation is 3. The number of hydrogen-bond acceptors (Lipinski definition) is 3. The third kappa shape index (κ3) is 1.73. The zero-order valence-corrected chi connectivity index (χ0v) is 11.3. The number of aliphatic hydroxyl groups is 1. The van der Waals surface area contributed by atoms with E-state index >= 15 is 0 Å². The summed E-state index contributed by atoms with van der Waals surface area (Å²) in [4.78, 5) is 4.14. The van der Waals surface area contributed by atoms with Gasteiger partial charge in [0.2, 0.25) is 0 Å². The fourth-order valence-electron chi connectivity index (χ4n) is 3.12. The van der Waals surface area contributed by atoms with E-state index in [9.17, 15) is 5.11 Å². The standard InChI is InChI=1S/C16H18N2O/c1-10-3-4-12-5-7-16(19,13(12)9-10)14-11(2)6-8-18-15(14)17/h3-4,6,8-9,19H,5,7H2,1-2H3,(H2,17,18). The van der Waals surface area contributed by atoms with Crippen molar-refractivity contribution in [1.29, 1.82) is 0 Å². The normalized spacial score (nSPS) is 21.4. The van der Waals surface area contributed by atoms with Gasteiger partial charge in [0, 0.05) is 11.8 Å². The number of nitrogen functional groups attached to an aromatic ring is 1. The van der Waals surface area contributed by atoms with Gasteiger partial charge in [-0.3, -0.25) is 0 Å². The average molecular weight is 254 g/mol. The molecule has 3 rings (SSSR count). The van der Waals surface area contributed by atoms with Crippen LogP contribution in [0.1, 0.15) is 34.2 Å². The predicted octanol–water partition coefficient (Wildman–Crippen LogP) is 2.46. The van der Waals surface area contributed by atoms with E-state index in [4.69, 9.17) is 5.73 Å². The van der Waals surface area contributed by atoms with Gasteiger partial charge in [-0.15, -0.1) is 0 Å². The summed E-state index contributed by atoms with van der Waals surface area (Å²) >= 11 is 0. The molecule has 19 heavy (non-hydrogen) atoms. The van der Waals surface area contributed by atoms with Crippen LogP contribution in [-0.2, 0) is 12.0 Å². The molecule has 1 unspecified atom stereocenters. The van der Waals surface area contributed by atoms with Crippen molar-refractivity contribution in [3.8, 4) is 0 Å². The molecular weight excluding hydrogens is 236 g/mol. The monoisotopic (exact) mass is 254 g/mol. The highest BCUT2D eigenvalue weighted by Crippen LogP contribution is 2.44. The van der Waals surface area contributed by atoms with Crippen molar-refractivity contribution in [1.82, 2.24) is 4.98 Å². The number of nitrogens with zero attached hydrogens (tertiary/aromatic N) is 1. The molecule has 0 radical (unpaired) electrons. The zero-order chi connectivity index (χ0) is 13.6. The van der Waals surface area contributed by atoms with Crippen LogP contribution in [0.3, 0.4) is 0 Å². The molecule has 0 saturated heterocycles. The summed E-state index contributed by atoms with van der Waals surface area (Å²) in [6, 6.07) is 8.15. The summed E-state index contributed by atoms with van der Waals surface area (Å²) in [7, 11) is 0. The molecule has 2 aromatic rings. The SMILES string of the molecule is Cc1ccc2c(c1)C(O)(c1c(C)ccnc1N)CC2. The van der Waals surface area contributed by atoms with Gasteiger partial charge in [0.1, 0.15) is 11.4 Å². The summed E-state index contributed by atoms with van der Waals surface area (Å²) in [5, 5.41) is 11.2. The van der Waals surface area contributed by atoms with Gasteiger partial charge < -0.3 is 10.8 Å². The van der Waals surface area contributed by atoms with Gasteiger partial charge >= 0.3 is 0 Å². The first-order chi connectivity index (χ1) is 9.02. The lowest BCUT2D eigenvalue weighted by Gasteiger charge is -2.27. The number of rotatable bonds is 1. The smallest absolute Gasteiger partial charge is 0.130 e. The van der Waals surface area contributed by atoms with Crippen LogP contribution in [0.15, 0.2) is 30.5 Å². The molecule has 1 aromatic heterocycles. The molecule has 1 aliphatic rings. The van der Waals surface area contributed by atoms with E-state index in [1.54, 1.807) is 6.20 Å². The molecule has 98 valence electrons. The van der Waals surface area contributed by atoms with Crippen molar-refractivity contribution < 1.29 is 5.11 Å². The molecule has 1 atom stereocenters. The van der Waals surface area contributed by atoms with E-state index in [2.05, 4.69) is 23.2 Å². The lowest BCUT2D eigenvalue weighted by molar-refractivity contribution is 0.0827. The molecular formula is C16H18N2O. The molecule has 3 nitrogen and oxygen atoms in total. The first-order valence-electron chi connectivity index (χ1n) is 6.56. The Labute approximate surface area is 113 Å². The highest BCUT2D eigenvalue weighted by atomic mass is 16.3. The third-order valence-corrected chi connectivity index (χ3v) is 4.07. The van der Waals surface area contributed by atoms with Crippen LogP contribution in [0.4, 0.5) is 5.82 Å². The number of nitrogens with two attached hydrogens (primary N) is 1. The first-order valence-corrected chi connectivity index (χ1v) is 6.56. The second kappa shape index (κ2) is 4.07. The Balaban J connectivity index is 2.25. The van der Waals surface area contributed by atoms with Gasteiger partial charge in [0.15, 0.2) is 0 Å². The van der Waals surface area contributed by atoms with Crippen molar-refractivity contribution in [2.24, 2.45) is 0 Å². The van der Waals surface area contributed by atoms with E-state index in [1.165, 1.54) is 5.56 Å². The molecule has 3 N–H and O–H groups in total. The van der Waals surface area contributed by atoms with Crippen LogP contribution in [0, 0.1) is 13.8 Å². The van der Waals surface area contributed by atoms with Crippen LogP contribution in [0.2, 0.25) is 0 Å². The molecule has 0 saturated carbocycles. The highest BCUT2D eigenvalue weighted by molar-refractivity contribution is 5.56. The van der Waals surface area contributed by atoms with Crippen LogP contribution in [-0.4, -0.2) is 10.1 Å². The molecule has 1 aliphatic carbocycles. The first kappa shape index (κ1) is 12.2. The minimum absolute atomic E-state index is 0.428. The van der Waals surface area contributed by atoms with E-state index in [1.807, 2.05) is 19.9 Å². The van der Waals surface area contributed by atoms with E-state index in [0.717, 1.165) is 28.7 Å². The van der Waals surface area contributed by atoms with Gasteiger partial charge in [-0.25, -0.2) is 4.98 Å². The Morgan fingerprint density at radius 3 is 2.79 bits per heavy atom. The zero-order valence-electron chi connectivity index (χ0n) is 11.3. The fraction of sp³-hybridized carbons (Fsp3) is 0.312. The van der Waals surface area contributed by atoms with Gasteiger partial charge in [0.25, 0.3) is 0 Å². The molecule has 3 heteroatoms. The van der Waals surface area contributed by atoms with Crippen LogP contribution >= 0.6 is 0 Å². The molecule has 0 bridgehead atoms. The van der Waals surface area contributed by atoms with Crippen molar-refractivity contribution in [2.75, 3.05) is 5.73 Å². The van der Waals surface area contributed by atoms with Crippen molar-refractivity contribution in [3.63, 3.8) is 0 Å². The maximum atomic E-state index is 11.2. The fourth-order valence-corrected chi connectivity index (χ4v) is 3.12. The second-order valence-electron chi connectivity index (χ2n) is 5.41. The minimum Gasteiger partial charge on any atom is -0.383 e. The number of benzene rings is 1. The summed E-state index contributed by atoms with van der Waals surface area (Å²) < 4.78 is 0. The van der Waals surface area contributed by atoms with Crippen molar-refractivity contribution >= 4 is 5.82 Å². The van der Waals surface area contributed by atoms with Gasteiger partial charge in [-0.2, -0.15) is 0 Å². The number of pyridine rings is 1. The molecule has 0 fully saturated rings. The molecule has 0 aliphatic heterocycles. The van der Waals surface area contributed by atoms with E-state index < -0.39 is 5.60 Å². The number of fused-ring (bicyclic) bond motifs is 1. The number of aromatic nitrogens is 1. The van der Waals surface area contributed by atoms with Crippen molar-refractivity contribution in [2.45, 2.75) is 32.3 Å². The maximum absolute atomic E-state index is 11.2. The maximum Gasteiger partial charge on any atom is 0.130 e. The topological polar surface area (TPSA) is 59.1 Å². The van der Waals surface area contributed by atoms with Gasteiger partial charge in [-0.05, 0) is 49.4 Å². The Kier molecular flexibility index (Phi) is 2.61. The Morgan fingerprint density at radius 1 is 1.26 bits per heavy atom. The third-order valence-electron chi connectivity index (χ3n) is 4.07. The van der Waals surface area contributed by atoms with Gasteiger partial charge in [-0.1, -0.05) is 23.8 Å². The van der Waals surface area contributed by atoms with Crippen LogP contribution in [0.5, 0.6) is 0 Å². The lowest BCUT2D eigenvalue weighted by atomic mass is 9.85. The predicted molar refractivity (Wildman–Crippen MR) is 75.9 cm³/mol. The Morgan fingerprint density at radius 2 is 2.05 bits per heavy atom. The minimum atomic E-state index is -0.996. The summed E-state index contributed by atoms with van der Waals surface area (Å²) in [5.74, 6) is 0.428. The van der Waals surface area contributed by atoms with E-state index in [-0.39, 0.29) is 0 Å². The molecule has 0 spiro atoms. The average Bonchev–Trinajstić information content (AvgIpc) is 2.67. The number of hydrogen-bond donors (Lipinski definition) is 2. The quantitative estimate of drug-likeness (QED) is 0.822.